The number of nitrogens with zero attached hydrogens (tertiary/aromatic N) is 3. The first kappa shape index (κ1) is 18.1. The third-order valence-electron chi connectivity index (χ3n) is 4.92. The van der Waals surface area contributed by atoms with Crippen molar-refractivity contribution in [3.8, 4) is 0 Å². The summed E-state index contributed by atoms with van der Waals surface area (Å²) >= 11 is 0. The highest BCUT2D eigenvalue weighted by molar-refractivity contribution is 5.96. The van der Waals surface area contributed by atoms with Gasteiger partial charge < -0.3 is 20.6 Å². The highest BCUT2D eigenvalue weighted by atomic mass is 16.3. The Morgan fingerprint density at radius 1 is 1.32 bits per heavy atom. The van der Waals surface area contributed by atoms with Crippen molar-refractivity contribution in [3.63, 3.8) is 0 Å². The van der Waals surface area contributed by atoms with Gasteiger partial charge in [0.1, 0.15) is 17.3 Å². The number of anilines is 1. The van der Waals surface area contributed by atoms with Crippen LogP contribution in [0.15, 0.2) is 0 Å². The number of hydrogen-bond donors (Lipinski definition) is 3. The Bertz CT molecular complexity index is 612. The van der Waals surface area contributed by atoms with E-state index < -0.39 is 0 Å². The highest BCUT2D eigenvalue weighted by Crippen LogP contribution is 2.23. The molecule has 0 radical (unpaired) electrons. The van der Waals surface area contributed by atoms with Crippen LogP contribution >= 0.6 is 0 Å². The van der Waals surface area contributed by atoms with Gasteiger partial charge in [-0.1, -0.05) is 13.8 Å². The van der Waals surface area contributed by atoms with Gasteiger partial charge in [-0.15, -0.1) is 0 Å². The molecule has 0 bridgehead atoms. The standard InChI is InChI=1S/C18H29N5O2/c1-12(2)16-21-15-14(4-8-20-18(15)25)17(22-16)19-7-3-9-23-10-5-13(24)6-11-23/h12-13,24H,3-11H2,1-2H3,(H,20,25)(H,19,21,22). The lowest BCUT2D eigenvalue weighted by atomic mass is 10.1. The minimum atomic E-state index is -0.123. The average Bonchev–Trinajstić information content (AvgIpc) is 2.60. The largest absolute Gasteiger partial charge is 0.393 e. The van der Waals surface area contributed by atoms with Gasteiger partial charge in [0.05, 0.1) is 6.10 Å². The SMILES string of the molecule is CC(C)c1nc(NCCCN2CCC(O)CC2)c2c(n1)C(=O)NCC2. The van der Waals surface area contributed by atoms with Crippen LogP contribution < -0.4 is 10.6 Å². The predicted molar refractivity (Wildman–Crippen MR) is 96.9 cm³/mol. The van der Waals surface area contributed by atoms with Crippen molar-refractivity contribution in [2.24, 2.45) is 0 Å². The van der Waals surface area contributed by atoms with Crippen molar-refractivity contribution in [2.45, 2.75) is 51.6 Å². The molecule has 7 nitrogen and oxygen atoms in total. The van der Waals surface area contributed by atoms with Gasteiger partial charge in [0.15, 0.2) is 0 Å². The molecule has 0 saturated carbocycles. The number of likely N-dealkylation sites (tertiary alicyclic amines) is 1. The monoisotopic (exact) mass is 347 g/mol. The number of nitrogens with one attached hydrogen (secondary N) is 2. The Kier molecular flexibility index (Phi) is 5.86. The van der Waals surface area contributed by atoms with Crippen molar-refractivity contribution < 1.29 is 9.90 Å². The van der Waals surface area contributed by atoms with Gasteiger partial charge in [-0.2, -0.15) is 0 Å². The van der Waals surface area contributed by atoms with Crippen LogP contribution in [-0.2, 0) is 6.42 Å². The Balaban J connectivity index is 1.60. The van der Waals surface area contributed by atoms with Gasteiger partial charge >= 0.3 is 0 Å². The van der Waals surface area contributed by atoms with E-state index >= 15 is 0 Å². The molecule has 7 heteroatoms. The summed E-state index contributed by atoms with van der Waals surface area (Å²) in [6.45, 7) is 8.50. The maximum atomic E-state index is 12.1. The molecule has 0 aliphatic carbocycles. The molecule has 3 heterocycles. The number of aromatic nitrogens is 2. The van der Waals surface area contributed by atoms with Crippen LogP contribution in [0.1, 0.15) is 60.9 Å². The van der Waals surface area contributed by atoms with E-state index in [9.17, 15) is 9.90 Å². The molecule has 2 aliphatic heterocycles. The van der Waals surface area contributed by atoms with Gasteiger partial charge in [0.2, 0.25) is 0 Å². The minimum absolute atomic E-state index is 0.0968. The number of fused-ring (bicyclic) bond motifs is 1. The van der Waals surface area contributed by atoms with Crippen LogP contribution in [0.5, 0.6) is 0 Å². The second kappa shape index (κ2) is 8.10. The van der Waals surface area contributed by atoms with E-state index in [1.807, 2.05) is 13.8 Å². The van der Waals surface area contributed by atoms with Crippen molar-refractivity contribution in [2.75, 3.05) is 38.0 Å². The van der Waals surface area contributed by atoms with Gasteiger partial charge in [0.25, 0.3) is 5.91 Å². The molecule has 1 aromatic rings. The lowest BCUT2D eigenvalue weighted by molar-refractivity contribution is 0.0825. The summed E-state index contributed by atoms with van der Waals surface area (Å²) in [5, 5.41) is 15.9. The van der Waals surface area contributed by atoms with Crippen LogP contribution in [0, 0.1) is 0 Å². The van der Waals surface area contributed by atoms with E-state index in [0.29, 0.717) is 18.1 Å². The zero-order valence-corrected chi connectivity index (χ0v) is 15.2. The summed E-state index contributed by atoms with van der Waals surface area (Å²) < 4.78 is 0. The second-order valence-electron chi connectivity index (χ2n) is 7.27. The first-order valence-corrected chi connectivity index (χ1v) is 9.38. The van der Waals surface area contributed by atoms with Crippen LogP contribution in [0.25, 0.3) is 0 Å². The van der Waals surface area contributed by atoms with Crippen LogP contribution in [0.2, 0.25) is 0 Å². The summed E-state index contributed by atoms with van der Waals surface area (Å²) in [4.78, 5) is 23.7. The summed E-state index contributed by atoms with van der Waals surface area (Å²) in [6.07, 6.45) is 3.41. The van der Waals surface area contributed by atoms with Crippen LogP contribution in [-0.4, -0.2) is 64.7 Å². The minimum Gasteiger partial charge on any atom is -0.393 e. The number of amides is 1. The molecule has 1 saturated heterocycles. The number of aliphatic hydroxyl groups excluding tert-OH is 1. The number of aliphatic hydroxyl groups is 1. The normalized spacial score (nSPS) is 19.0. The highest BCUT2D eigenvalue weighted by Gasteiger charge is 2.24. The summed E-state index contributed by atoms with van der Waals surface area (Å²) in [5.74, 6) is 1.61. The summed E-state index contributed by atoms with van der Waals surface area (Å²) in [7, 11) is 0. The van der Waals surface area contributed by atoms with E-state index in [-0.39, 0.29) is 17.9 Å². The van der Waals surface area contributed by atoms with Crippen molar-refractivity contribution in [1.82, 2.24) is 20.2 Å². The van der Waals surface area contributed by atoms with E-state index in [0.717, 1.165) is 63.2 Å². The van der Waals surface area contributed by atoms with Crippen molar-refractivity contribution in [3.05, 3.63) is 17.1 Å². The van der Waals surface area contributed by atoms with Crippen LogP contribution in [0.3, 0.4) is 0 Å². The fraction of sp³-hybridized carbons (Fsp3) is 0.722. The lowest BCUT2D eigenvalue weighted by Gasteiger charge is -2.29. The molecule has 0 aromatic carbocycles. The zero-order chi connectivity index (χ0) is 17.8. The average molecular weight is 347 g/mol. The Hall–Kier alpha value is -1.73. The molecule has 3 rings (SSSR count). The van der Waals surface area contributed by atoms with Gasteiger partial charge in [-0.3, -0.25) is 4.79 Å². The molecule has 0 unspecified atom stereocenters. The molecule has 25 heavy (non-hydrogen) atoms. The molecular weight excluding hydrogens is 318 g/mol. The topological polar surface area (TPSA) is 90.4 Å². The Morgan fingerprint density at radius 3 is 2.80 bits per heavy atom. The fourth-order valence-corrected chi connectivity index (χ4v) is 3.37. The molecular formula is C18H29N5O2. The number of hydrogen-bond acceptors (Lipinski definition) is 6. The second-order valence-corrected chi connectivity index (χ2v) is 7.27. The first-order chi connectivity index (χ1) is 12.0. The van der Waals surface area contributed by atoms with E-state index in [1.165, 1.54) is 0 Å². The number of rotatable bonds is 6. The van der Waals surface area contributed by atoms with Crippen molar-refractivity contribution >= 4 is 11.7 Å². The molecule has 0 spiro atoms. The molecule has 1 fully saturated rings. The summed E-state index contributed by atoms with van der Waals surface area (Å²) in [6, 6.07) is 0. The quantitative estimate of drug-likeness (QED) is 0.669. The van der Waals surface area contributed by atoms with E-state index in [2.05, 4.69) is 25.5 Å². The zero-order valence-electron chi connectivity index (χ0n) is 15.2. The predicted octanol–water partition coefficient (Wildman–Crippen LogP) is 1.14. The van der Waals surface area contributed by atoms with Crippen molar-refractivity contribution in [1.29, 1.82) is 0 Å². The maximum Gasteiger partial charge on any atom is 0.270 e. The third-order valence-corrected chi connectivity index (χ3v) is 4.92. The number of piperidine rings is 1. The fourth-order valence-electron chi connectivity index (χ4n) is 3.37. The van der Waals surface area contributed by atoms with Gasteiger partial charge in [-0.25, -0.2) is 9.97 Å². The molecule has 138 valence electrons. The maximum absolute atomic E-state index is 12.1. The smallest absolute Gasteiger partial charge is 0.270 e. The first-order valence-electron chi connectivity index (χ1n) is 9.38. The molecule has 0 atom stereocenters. The molecule has 3 N–H and O–H groups in total. The van der Waals surface area contributed by atoms with E-state index in [4.69, 9.17) is 0 Å². The van der Waals surface area contributed by atoms with Crippen LogP contribution in [0.4, 0.5) is 5.82 Å². The third kappa shape index (κ3) is 4.46. The van der Waals surface area contributed by atoms with Gasteiger partial charge in [-0.05, 0) is 32.2 Å². The molecule has 2 aliphatic rings. The number of carbonyl (C=O) groups excluding carboxylic acids is 1. The molecule has 1 aromatic heterocycles. The number of carbonyl (C=O) groups is 1. The van der Waals surface area contributed by atoms with E-state index in [1.54, 1.807) is 0 Å². The Morgan fingerprint density at radius 2 is 2.08 bits per heavy atom. The van der Waals surface area contributed by atoms with Gasteiger partial charge in [0, 0.05) is 37.7 Å². The molecule has 1 amide bonds. The lowest BCUT2D eigenvalue weighted by Crippen LogP contribution is -2.37. The Labute approximate surface area is 149 Å². The summed E-state index contributed by atoms with van der Waals surface area (Å²) in [5.41, 5.74) is 1.46.